The van der Waals surface area contributed by atoms with Gasteiger partial charge in [0.15, 0.2) is 5.96 Å². The molecule has 1 fully saturated rings. The number of hydrogen-bond donors (Lipinski definition) is 2. The molecule has 4 nitrogen and oxygen atoms in total. The molecule has 1 aromatic rings. The SMILES string of the molecule is CCNC(=NCC1CC1)NCCc1csc(C)n1.I. The number of nitrogens with zero attached hydrogens (tertiary/aromatic N) is 2. The molecule has 19 heavy (non-hydrogen) atoms. The van der Waals surface area contributed by atoms with Gasteiger partial charge in [0.25, 0.3) is 0 Å². The van der Waals surface area contributed by atoms with Crippen molar-refractivity contribution in [3.63, 3.8) is 0 Å². The summed E-state index contributed by atoms with van der Waals surface area (Å²) in [4.78, 5) is 9.04. The molecule has 0 unspecified atom stereocenters. The van der Waals surface area contributed by atoms with Crippen molar-refractivity contribution in [1.29, 1.82) is 0 Å². The number of nitrogens with one attached hydrogen (secondary N) is 2. The molecule has 1 aromatic heterocycles. The van der Waals surface area contributed by atoms with Crippen LogP contribution < -0.4 is 10.6 Å². The maximum atomic E-state index is 4.59. The number of aromatic nitrogens is 1. The molecular weight excluding hydrogens is 371 g/mol. The summed E-state index contributed by atoms with van der Waals surface area (Å²) in [6.45, 7) is 6.90. The van der Waals surface area contributed by atoms with Gasteiger partial charge in [-0.15, -0.1) is 35.3 Å². The molecule has 1 heterocycles. The van der Waals surface area contributed by atoms with Gasteiger partial charge in [-0.3, -0.25) is 4.99 Å². The van der Waals surface area contributed by atoms with Gasteiger partial charge < -0.3 is 10.6 Å². The van der Waals surface area contributed by atoms with Crippen LogP contribution in [-0.2, 0) is 6.42 Å². The minimum absolute atomic E-state index is 0. The average Bonchev–Trinajstić information content (AvgIpc) is 3.09. The first-order chi connectivity index (χ1) is 8.78. The molecule has 1 aliphatic rings. The summed E-state index contributed by atoms with van der Waals surface area (Å²) in [6, 6.07) is 0. The van der Waals surface area contributed by atoms with Crippen molar-refractivity contribution in [3.05, 3.63) is 16.1 Å². The Hall–Kier alpha value is -0.370. The number of aliphatic imine (C=N–C) groups is 1. The van der Waals surface area contributed by atoms with Crippen molar-refractivity contribution in [3.8, 4) is 0 Å². The summed E-state index contributed by atoms with van der Waals surface area (Å²) >= 11 is 1.71. The second-order valence-electron chi connectivity index (χ2n) is 4.70. The van der Waals surface area contributed by atoms with Crippen LogP contribution in [0.2, 0.25) is 0 Å². The number of thiazole rings is 1. The smallest absolute Gasteiger partial charge is 0.191 e. The molecule has 1 aliphatic carbocycles. The molecular formula is C13H23IN4S. The van der Waals surface area contributed by atoms with E-state index in [4.69, 9.17) is 0 Å². The lowest BCUT2D eigenvalue weighted by Crippen LogP contribution is -2.38. The highest BCUT2D eigenvalue weighted by molar-refractivity contribution is 14.0. The van der Waals surface area contributed by atoms with Crippen molar-refractivity contribution >= 4 is 41.3 Å². The zero-order valence-electron chi connectivity index (χ0n) is 11.6. The van der Waals surface area contributed by atoms with Crippen LogP contribution in [0.15, 0.2) is 10.4 Å². The number of rotatable bonds is 6. The fraction of sp³-hybridized carbons (Fsp3) is 0.692. The lowest BCUT2D eigenvalue weighted by atomic mass is 10.3. The van der Waals surface area contributed by atoms with Gasteiger partial charge in [0.2, 0.25) is 0 Å². The Kier molecular flexibility index (Phi) is 7.67. The molecule has 0 amide bonds. The summed E-state index contributed by atoms with van der Waals surface area (Å²) in [6.07, 6.45) is 3.65. The Morgan fingerprint density at radius 3 is 2.84 bits per heavy atom. The number of hydrogen-bond acceptors (Lipinski definition) is 3. The first-order valence-electron chi connectivity index (χ1n) is 6.71. The second-order valence-corrected chi connectivity index (χ2v) is 5.76. The second kappa shape index (κ2) is 8.73. The molecule has 2 N–H and O–H groups in total. The summed E-state index contributed by atoms with van der Waals surface area (Å²) in [5, 5.41) is 9.91. The van der Waals surface area contributed by atoms with Crippen LogP contribution in [0.5, 0.6) is 0 Å². The Balaban J connectivity index is 0.00000180. The fourth-order valence-corrected chi connectivity index (χ4v) is 2.34. The minimum Gasteiger partial charge on any atom is -0.357 e. The maximum Gasteiger partial charge on any atom is 0.191 e. The van der Waals surface area contributed by atoms with Crippen LogP contribution in [-0.4, -0.2) is 30.6 Å². The molecule has 2 rings (SSSR count). The molecule has 0 aliphatic heterocycles. The van der Waals surface area contributed by atoms with Crippen LogP contribution in [0.3, 0.4) is 0 Å². The normalized spacial score (nSPS) is 14.9. The topological polar surface area (TPSA) is 49.3 Å². The molecule has 0 spiro atoms. The van der Waals surface area contributed by atoms with Crippen LogP contribution in [0, 0.1) is 12.8 Å². The van der Waals surface area contributed by atoms with Crippen LogP contribution in [0.4, 0.5) is 0 Å². The van der Waals surface area contributed by atoms with Gasteiger partial charge >= 0.3 is 0 Å². The Morgan fingerprint density at radius 2 is 2.26 bits per heavy atom. The van der Waals surface area contributed by atoms with Crippen molar-refractivity contribution in [1.82, 2.24) is 15.6 Å². The van der Waals surface area contributed by atoms with E-state index in [1.165, 1.54) is 18.5 Å². The standard InChI is InChI=1S/C13H22N4S.HI/c1-3-14-13(16-8-11-4-5-11)15-7-6-12-9-18-10(2)17-12;/h9,11H,3-8H2,1-2H3,(H2,14,15,16);1H. The number of guanidine groups is 1. The van der Waals surface area contributed by atoms with Crippen molar-refractivity contribution in [2.75, 3.05) is 19.6 Å². The molecule has 108 valence electrons. The highest BCUT2D eigenvalue weighted by Crippen LogP contribution is 2.28. The van der Waals surface area contributed by atoms with E-state index in [2.05, 4.69) is 32.9 Å². The summed E-state index contributed by atoms with van der Waals surface area (Å²) in [7, 11) is 0. The van der Waals surface area contributed by atoms with E-state index in [0.717, 1.165) is 42.9 Å². The van der Waals surface area contributed by atoms with Gasteiger partial charge in [0.1, 0.15) is 0 Å². The van der Waals surface area contributed by atoms with Crippen LogP contribution in [0.25, 0.3) is 0 Å². The summed E-state index contributed by atoms with van der Waals surface area (Å²) in [5.74, 6) is 1.78. The fourth-order valence-electron chi connectivity index (χ4n) is 1.69. The number of halogens is 1. The van der Waals surface area contributed by atoms with E-state index in [-0.39, 0.29) is 24.0 Å². The number of aryl methyl sites for hydroxylation is 1. The molecule has 0 saturated heterocycles. The van der Waals surface area contributed by atoms with Gasteiger partial charge in [-0.2, -0.15) is 0 Å². The van der Waals surface area contributed by atoms with E-state index >= 15 is 0 Å². The molecule has 0 aromatic carbocycles. The predicted molar refractivity (Wildman–Crippen MR) is 92.7 cm³/mol. The lowest BCUT2D eigenvalue weighted by molar-refractivity contribution is 0.771. The predicted octanol–water partition coefficient (Wildman–Crippen LogP) is 2.58. The third-order valence-electron chi connectivity index (χ3n) is 2.89. The van der Waals surface area contributed by atoms with Crippen molar-refractivity contribution in [2.24, 2.45) is 10.9 Å². The average molecular weight is 394 g/mol. The third-order valence-corrected chi connectivity index (χ3v) is 3.71. The zero-order valence-corrected chi connectivity index (χ0v) is 14.8. The van der Waals surface area contributed by atoms with Gasteiger partial charge in [0, 0.05) is 31.4 Å². The van der Waals surface area contributed by atoms with Gasteiger partial charge in [-0.05, 0) is 32.6 Å². The maximum absolute atomic E-state index is 4.59. The first-order valence-corrected chi connectivity index (χ1v) is 7.59. The van der Waals surface area contributed by atoms with E-state index in [1.807, 2.05) is 6.92 Å². The Bertz CT molecular complexity index is 401. The van der Waals surface area contributed by atoms with Crippen LogP contribution >= 0.6 is 35.3 Å². The van der Waals surface area contributed by atoms with Crippen molar-refractivity contribution < 1.29 is 0 Å². The molecule has 0 radical (unpaired) electrons. The minimum atomic E-state index is 0. The van der Waals surface area contributed by atoms with E-state index in [0.29, 0.717) is 0 Å². The summed E-state index contributed by atoms with van der Waals surface area (Å²) in [5.41, 5.74) is 1.17. The quantitative estimate of drug-likeness (QED) is 0.443. The Labute approximate surface area is 136 Å². The van der Waals surface area contributed by atoms with E-state index < -0.39 is 0 Å². The molecule has 6 heteroatoms. The van der Waals surface area contributed by atoms with E-state index in [9.17, 15) is 0 Å². The van der Waals surface area contributed by atoms with Gasteiger partial charge in [-0.25, -0.2) is 4.98 Å². The Morgan fingerprint density at radius 1 is 1.47 bits per heavy atom. The highest BCUT2D eigenvalue weighted by atomic mass is 127. The lowest BCUT2D eigenvalue weighted by Gasteiger charge is -2.10. The van der Waals surface area contributed by atoms with Crippen molar-refractivity contribution in [2.45, 2.75) is 33.1 Å². The van der Waals surface area contributed by atoms with Gasteiger partial charge in [-0.1, -0.05) is 0 Å². The molecule has 0 atom stereocenters. The zero-order chi connectivity index (χ0) is 12.8. The van der Waals surface area contributed by atoms with Gasteiger partial charge in [0.05, 0.1) is 10.7 Å². The molecule has 0 bridgehead atoms. The summed E-state index contributed by atoms with van der Waals surface area (Å²) < 4.78 is 0. The van der Waals surface area contributed by atoms with Crippen LogP contribution in [0.1, 0.15) is 30.5 Å². The molecule has 1 saturated carbocycles. The highest BCUT2D eigenvalue weighted by Gasteiger charge is 2.20. The van der Waals surface area contributed by atoms with E-state index in [1.54, 1.807) is 11.3 Å². The largest absolute Gasteiger partial charge is 0.357 e. The first kappa shape index (κ1) is 16.7. The third kappa shape index (κ3) is 6.56. The monoisotopic (exact) mass is 394 g/mol.